The molecule has 138 valence electrons. The summed E-state index contributed by atoms with van der Waals surface area (Å²) in [4.78, 5) is 0. The van der Waals surface area contributed by atoms with E-state index in [1.165, 1.54) is 12.1 Å². The molecule has 0 saturated carbocycles. The Morgan fingerprint density at radius 2 is 1.42 bits per heavy atom. The molecule has 2 atom stereocenters. The molecule has 0 aliphatic carbocycles. The van der Waals surface area contributed by atoms with E-state index in [4.69, 9.17) is 9.47 Å². The van der Waals surface area contributed by atoms with Gasteiger partial charge in [-0.05, 0) is 17.1 Å². The van der Waals surface area contributed by atoms with Gasteiger partial charge in [0.2, 0.25) is 0 Å². The minimum Gasteiger partial charge on any atom is -0.451 e. The third kappa shape index (κ3) is 3.49. The Bertz CT molecular complexity index is 776. The Balaban J connectivity index is 2.16. The third-order valence-electron chi connectivity index (χ3n) is 4.01. The first-order valence-electron chi connectivity index (χ1n) is 8.39. The van der Waals surface area contributed by atoms with E-state index in [0.29, 0.717) is 5.56 Å². The first kappa shape index (κ1) is 18.5. The second kappa shape index (κ2) is 6.47. The minimum absolute atomic E-state index is 0.0780. The molecule has 2 aromatic rings. The fourth-order valence-electron chi connectivity index (χ4n) is 2.93. The molecular formula is C21H21F3O2. The van der Waals surface area contributed by atoms with Crippen LogP contribution in [-0.4, -0.2) is 6.18 Å². The van der Waals surface area contributed by atoms with Crippen LogP contribution in [-0.2, 0) is 15.3 Å². The molecule has 0 bridgehead atoms. The predicted molar refractivity (Wildman–Crippen MR) is 93.1 cm³/mol. The van der Waals surface area contributed by atoms with Crippen LogP contribution in [0.25, 0.3) is 0 Å². The van der Waals surface area contributed by atoms with Crippen molar-refractivity contribution < 1.29 is 22.6 Å². The molecule has 0 amide bonds. The van der Waals surface area contributed by atoms with Crippen molar-refractivity contribution in [2.75, 3.05) is 0 Å². The van der Waals surface area contributed by atoms with Crippen molar-refractivity contribution in [3.63, 3.8) is 0 Å². The van der Waals surface area contributed by atoms with Gasteiger partial charge in [-0.2, -0.15) is 13.2 Å². The van der Waals surface area contributed by atoms with E-state index >= 15 is 0 Å². The van der Waals surface area contributed by atoms with Crippen molar-refractivity contribution in [2.24, 2.45) is 5.41 Å². The van der Waals surface area contributed by atoms with Crippen molar-refractivity contribution in [2.45, 2.75) is 38.8 Å². The summed E-state index contributed by atoms with van der Waals surface area (Å²) in [6, 6.07) is 16.3. The molecule has 1 heterocycles. The van der Waals surface area contributed by atoms with E-state index in [9.17, 15) is 13.2 Å². The molecule has 0 N–H and O–H groups in total. The molecule has 1 fully saturated rings. The van der Waals surface area contributed by atoms with Crippen LogP contribution in [0.2, 0.25) is 0 Å². The zero-order valence-corrected chi connectivity index (χ0v) is 14.9. The Morgan fingerprint density at radius 1 is 0.885 bits per heavy atom. The largest absolute Gasteiger partial charge is 0.460 e. The van der Waals surface area contributed by atoms with Crippen molar-refractivity contribution in [1.82, 2.24) is 0 Å². The van der Waals surface area contributed by atoms with E-state index in [0.717, 1.165) is 0 Å². The molecular weight excluding hydrogens is 341 g/mol. The molecule has 5 heteroatoms. The quantitative estimate of drug-likeness (QED) is 0.641. The van der Waals surface area contributed by atoms with Gasteiger partial charge < -0.3 is 9.47 Å². The maximum atomic E-state index is 14.1. The number of hydrogen-bond donors (Lipinski definition) is 0. The molecule has 0 radical (unpaired) electrons. The highest BCUT2D eigenvalue weighted by Crippen LogP contribution is 2.55. The second-order valence-electron chi connectivity index (χ2n) is 7.40. The van der Waals surface area contributed by atoms with E-state index in [1.54, 1.807) is 54.6 Å². The number of ether oxygens (including phenoxy) is 2. The van der Waals surface area contributed by atoms with E-state index in [-0.39, 0.29) is 16.7 Å². The van der Waals surface area contributed by atoms with Gasteiger partial charge in [-0.25, -0.2) is 0 Å². The molecule has 1 saturated heterocycles. The summed E-state index contributed by atoms with van der Waals surface area (Å²) >= 11 is 0. The van der Waals surface area contributed by atoms with Gasteiger partial charge in [0.1, 0.15) is 11.9 Å². The highest BCUT2D eigenvalue weighted by molar-refractivity contribution is 5.31. The standard InChI is InChI=1S/C21H21F3O2/c1-19(2,3)14-17-18(15-10-6-4-7-11-15)26-20(25-17,21(22,23)24)16-12-8-5-9-13-16/h4-14,18H,1-3H3/b17-14-. The van der Waals surface area contributed by atoms with Crippen molar-refractivity contribution in [3.05, 3.63) is 83.6 Å². The van der Waals surface area contributed by atoms with Crippen LogP contribution in [0.4, 0.5) is 13.2 Å². The smallest absolute Gasteiger partial charge is 0.451 e. The average molecular weight is 362 g/mol. The summed E-state index contributed by atoms with van der Waals surface area (Å²) in [6.45, 7) is 5.71. The van der Waals surface area contributed by atoms with Crippen LogP contribution in [0.3, 0.4) is 0 Å². The second-order valence-corrected chi connectivity index (χ2v) is 7.40. The molecule has 26 heavy (non-hydrogen) atoms. The molecule has 1 aliphatic heterocycles. The van der Waals surface area contributed by atoms with Crippen molar-refractivity contribution in [3.8, 4) is 0 Å². The Labute approximate surface area is 151 Å². The van der Waals surface area contributed by atoms with Crippen LogP contribution in [0.15, 0.2) is 72.5 Å². The SMILES string of the molecule is CC(C)(C)/C=C1\OC(c2ccccc2)(C(F)(F)F)OC1c1ccccc1. The molecule has 1 aliphatic rings. The van der Waals surface area contributed by atoms with Crippen LogP contribution < -0.4 is 0 Å². The fourth-order valence-corrected chi connectivity index (χ4v) is 2.93. The number of benzene rings is 2. The molecule has 2 nitrogen and oxygen atoms in total. The van der Waals surface area contributed by atoms with Crippen LogP contribution in [0.1, 0.15) is 38.0 Å². The number of halogens is 3. The molecule has 2 unspecified atom stereocenters. The molecule has 0 spiro atoms. The lowest BCUT2D eigenvalue weighted by atomic mass is 9.94. The lowest BCUT2D eigenvalue weighted by Crippen LogP contribution is -2.43. The van der Waals surface area contributed by atoms with Crippen molar-refractivity contribution in [1.29, 1.82) is 0 Å². The lowest BCUT2D eigenvalue weighted by Gasteiger charge is -2.30. The van der Waals surface area contributed by atoms with Crippen molar-refractivity contribution >= 4 is 0 Å². The summed E-state index contributed by atoms with van der Waals surface area (Å²) in [7, 11) is 0. The van der Waals surface area contributed by atoms with Gasteiger partial charge in [0.05, 0.1) is 0 Å². The zero-order chi connectivity index (χ0) is 19.0. The van der Waals surface area contributed by atoms with Crippen LogP contribution >= 0.6 is 0 Å². The summed E-state index contributed by atoms with van der Waals surface area (Å²) in [6.07, 6.45) is -3.98. The molecule has 0 aromatic heterocycles. The normalized spacial score (nSPS) is 25.3. The Morgan fingerprint density at radius 3 is 1.92 bits per heavy atom. The number of allylic oxidation sites excluding steroid dienone is 1. The monoisotopic (exact) mass is 362 g/mol. The molecule has 3 rings (SSSR count). The third-order valence-corrected chi connectivity index (χ3v) is 4.01. The highest BCUT2D eigenvalue weighted by atomic mass is 19.4. The van der Waals surface area contributed by atoms with Crippen LogP contribution in [0.5, 0.6) is 0 Å². The van der Waals surface area contributed by atoms with Gasteiger partial charge in [-0.3, -0.25) is 0 Å². The summed E-state index contributed by atoms with van der Waals surface area (Å²) in [5.74, 6) is -2.66. The highest BCUT2D eigenvalue weighted by Gasteiger charge is 2.66. The Hall–Kier alpha value is -2.27. The van der Waals surface area contributed by atoms with E-state index in [1.807, 2.05) is 20.8 Å². The van der Waals surface area contributed by atoms with Gasteiger partial charge in [-0.1, -0.05) is 81.4 Å². The Kier molecular flexibility index (Phi) is 4.61. The van der Waals surface area contributed by atoms with Gasteiger partial charge in [0, 0.05) is 5.56 Å². The number of alkyl halides is 3. The summed E-state index contributed by atoms with van der Waals surface area (Å²) in [5, 5.41) is 0. The first-order valence-corrected chi connectivity index (χ1v) is 8.39. The zero-order valence-electron chi connectivity index (χ0n) is 14.9. The first-order chi connectivity index (χ1) is 12.1. The van der Waals surface area contributed by atoms with Gasteiger partial charge >= 0.3 is 12.0 Å². The summed E-state index contributed by atoms with van der Waals surface area (Å²) in [5.41, 5.74) is 0.167. The maximum absolute atomic E-state index is 14.1. The predicted octanol–water partition coefficient (Wildman–Crippen LogP) is 6.12. The summed E-state index contributed by atoms with van der Waals surface area (Å²) < 4.78 is 53.5. The van der Waals surface area contributed by atoms with Gasteiger partial charge in [0.15, 0.2) is 0 Å². The number of rotatable bonds is 2. The molecule has 2 aromatic carbocycles. The topological polar surface area (TPSA) is 18.5 Å². The van der Waals surface area contributed by atoms with Gasteiger partial charge in [0.25, 0.3) is 0 Å². The lowest BCUT2D eigenvalue weighted by molar-refractivity contribution is -0.354. The van der Waals surface area contributed by atoms with E-state index in [2.05, 4.69) is 0 Å². The van der Waals surface area contributed by atoms with E-state index < -0.39 is 18.1 Å². The fraction of sp³-hybridized carbons (Fsp3) is 0.333. The van der Waals surface area contributed by atoms with Crippen LogP contribution in [0, 0.1) is 5.41 Å². The maximum Gasteiger partial charge on any atom is 0.460 e. The minimum atomic E-state index is -4.74. The average Bonchev–Trinajstić information content (AvgIpc) is 2.95. The number of hydrogen-bond acceptors (Lipinski definition) is 2. The van der Waals surface area contributed by atoms with Gasteiger partial charge in [-0.15, -0.1) is 0 Å².